The van der Waals surface area contributed by atoms with Crippen LogP contribution in [0.2, 0.25) is 0 Å². The summed E-state index contributed by atoms with van der Waals surface area (Å²) >= 11 is 0. The topological polar surface area (TPSA) is 80.8 Å². The Morgan fingerprint density at radius 1 is 0.821 bits per heavy atom. The molecule has 2 fully saturated rings. The molecule has 0 spiro atoms. The number of carbonyl (C=O) groups excluding carboxylic acids is 2. The van der Waals surface area contributed by atoms with Crippen molar-refractivity contribution in [3.05, 3.63) is 66.7 Å². The average Bonchev–Trinajstić information content (AvgIpc) is 3.37. The van der Waals surface area contributed by atoms with E-state index < -0.39 is 10.1 Å². The van der Waals surface area contributed by atoms with Crippen molar-refractivity contribution < 1.29 is 22.2 Å². The normalized spacial score (nSPS) is 28.1. The van der Waals surface area contributed by atoms with E-state index in [2.05, 4.69) is 0 Å². The van der Waals surface area contributed by atoms with Gasteiger partial charge in [0.2, 0.25) is 11.8 Å². The number of anilines is 1. The van der Waals surface area contributed by atoms with E-state index in [1.807, 2.05) is 12.2 Å². The molecule has 5 rings (SSSR count). The molecule has 2 aliphatic carbocycles. The molecule has 6 nitrogen and oxygen atoms in total. The van der Waals surface area contributed by atoms with Crippen LogP contribution in [0.3, 0.4) is 0 Å². The minimum Gasteiger partial charge on any atom is -0.377 e. The molecule has 2 aromatic rings. The molecule has 0 unspecified atom stereocenters. The minimum absolute atomic E-state index is 0.00277. The van der Waals surface area contributed by atoms with E-state index in [4.69, 9.17) is 4.18 Å². The number of amides is 2. The van der Waals surface area contributed by atoms with Crippen LogP contribution in [0.4, 0.5) is 5.69 Å². The van der Waals surface area contributed by atoms with Crippen molar-refractivity contribution in [2.75, 3.05) is 4.90 Å². The lowest BCUT2D eigenvalue weighted by Gasteiger charge is -2.20. The summed E-state index contributed by atoms with van der Waals surface area (Å²) in [5.41, 5.74) is 0.172. The van der Waals surface area contributed by atoms with Gasteiger partial charge < -0.3 is 4.18 Å². The molecule has 2 amide bonds. The summed E-state index contributed by atoms with van der Waals surface area (Å²) in [6.45, 7) is 0. The summed E-state index contributed by atoms with van der Waals surface area (Å²) in [5, 5.41) is 0. The predicted octanol–water partition coefficient (Wildman–Crippen LogP) is 2.77. The van der Waals surface area contributed by atoms with Crippen molar-refractivity contribution in [2.45, 2.75) is 11.3 Å². The lowest BCUT2D eigenvalue weighted by atomic mass is 9.85. The Bertz CT molecular complexity index is 1080. The summed E-state index contributed by atoms with van der Waals surface area (Å²) in [5.74, 6) is -1.15. The van der Waals surface area contributed by atoms with Gasteiger partial charge in [0.1, 0.15) is 4.90 Å². The van der Waals surface area contributed by atoms with Gasteiger partial charge in [0, 0.05) is 0 Å². The standard InChI is InChI=1S/C21H17NO5S/c23-20-18-13-10-11-14(12-13)19(18)21(24)22(20)16-8-4-5-9-17(16)27-28(25,26)15-6-2-1-3-7-15/h1-11,13-14,18-19H,12H2/t13-,14+,18-,19-/m0/s1. The maximum Gasteiger partial charge on any atom is 0.339 e. The van der Waals surface area contributed by atoms with Crippen molar-refractivity contribution in [2.24, 2.45) is 23.7 Å². The molecule has 28 heavy (non-hydrogen) atoms. The second kappa shape index (κ2) is 6.04. The highest BCUT2D eigenvalue weighted by Gasteiger charge is 2.60. The number of benzene rings is 2. The Labute approximate surface area is 162 Å². The minimum atomic E-state index is -4.09. The zero-order valence-electron chi connectivity index (χ0n) is 14.8. The lowest BCUT2D eigenvalue weighted by molar-refractivity contribution is -0.123. The molecule has 7 heteroatoms. The van der Waals surface area contributed by atoms with Crippen LogP contribution < -0.4 is 9.08 Å². The van der Waals surface area contributed by atoms with Crippen LogP contribution in [-0.4, -0.2) is 20.2 Å². The van der Waals surface area contributed by atoms with Crippen LogP contribution in [0, 0.1) is 23.7 Å². The van der Waals surface area contributed by atoms with Crippen molar-refractivity contribution >= 4 is 27.6 Å². The molecule has 0 N–H and O–H groups in total. The van der Waals surface area contributed by atoms with E-state index in [-0.39, 0.29) is 51.8 Å². The maximum atomic E-state index is 13.0. The zero-order chi connectivity index (χ0) is 19.5. The van der Waals surface area contributed by atoms with Gasteiger partial charge in [-0.1, -0.05) is 42.5 Å². The van der Waals surface area contributed by atoms with Crippen LogP contribution in [0.1, 0.15) is 6.42 Å². The molecule has 1 heterocycles. The Kier molecular flexibility index (Phi) is 3.71. The van der Waals surface area contributed by atoms with E-state index in [1.54, 1.807) is 36.4 Å². The number of nitrogens with zero attached hydrogens (tertiary/aromatic N) is 1. The van der Waals surface area contributed by atoms with Crippen LogP contribution >= 0.6 is 0 Å². The van der Waals surface area contributed by atoms with Gasteiger partial charge in [-0.3, -0.25) is 9.59 Å². The summed E-state index contributed by atoms with van der Waals surface area (Å²) < 4.78 is 30.6. The molecule has 2 bridgehead atoms. The van der Waals surface area contributed by atoms with E-state index in [9.17, 15) is 18.0 Å². The predicted molar refractivity (Wildman–Crippen MR) is 101 cm³/mol. The van der Waals surface area contributed by atoms with Gasteiger partial charge in [-0.15, -0.1) is 0 Å². The Hall–Kier alpha value is -2.93. The quantitative estimate of drug-likeness (QED) is 0.452. The SMILES string of the molecule is O=C1[C@@H]2[C@@H](C(=O)N1c1ccccc1OS(=O)(=O)c1ccccc1)[C@H]1C=C[C@@H]2C1. The molecule has 1 saturated carbocycles. The molecule has 2 aromatic carbocycles. The highest BCUT2D eigenvalue weighted by molar-refractivity contribution is 7.87. The molecule has 0 aromatic heterocycles. The Balaban J connectivity index is 1.52. The van der Waals surface area contributed by atoms with E-state index in [0.29, 0.717) is 0 Å². The first-order valence-electron chi connectivity index (χ1n) is 9.12. The van der Waals surface area contributed by atoms with Crippen LogP contribution in [0.5, 0.6) is 5.75 Å². The average molecular weight is 395 g/mol. The lowest BCUT2D eigenvalue weighted by Crippen LogP contribution is -2.33. The fourth-order valence-electron chi connectivity index (χ4n) is 4.61. The van der Waals surface area contributed by atoms with Gasteiger partial charge in [-0.2, -0.15) is 8.42 Å². The fourth-order valence-corrected chi connectivity index (χ4v) is 5.57. The highest BCUT2D eigenvalue weighted by atomic mass is 32.2. The molecule has 3 aliphatic rings. The van der Waals surface area contributed by atoms with E-state index in [0.717, 1.165) is 11.3 Å². The van der Waals surface area contributed by atoms with Gasteiger partial charge in [0.25, 0.3) is 0 Å². The largest absolute Gasteiger partial charge is 0.377 e. The summed E-state index contributed by atoms with van der Waals surface area (Å²) in [7, 11) is -4.09. The second-order valence-corrected chi connectivity index (χ2v) is 8.88. The van der Waals surface area contributed by atoms with Crippen LogP contribution in [-0.2, 0) is 19.7 Å². The third-order valence-corrected chi connectivity index (χ3v) is 7.06. The zero-order valence-corrected chi connectivity index (χ0v) is 15.6. The number of allylic oxidation sites excluding steroid dienone is 2. The Morgan fingerprint density at radius 3 is 2.04 bits per heavy atom. The number of imide groups is 1. The van der Waals surface area contributed by atoms with Crippen molar-refractivity contribution in [1.82, 2.24) is 0 Å². The number of carbonyl (C=O) groups is 2. The summed E-state index contributed by atoms with van der Waals surface area (Å²) in [6, 6.07) is 14.0. The smallest absolute Gasteiger partial charge is 0.339 e. The molecular formula is C21H17NO5S. The summed E-state index contributed by atoms with van der Waals surface area (Å²) in [4.78, 5) is 27.2. The molecule has 1 saturated heterocycles. The summed E-state index contributed by atoms with van der Waals surface area (Å²) in [6.07, 6.45) is 4.87. The highest BCUT2D eigenvalue weighted by Crippen LogP contribution is 2.53. The second-order valence-electron chi connectivity index (χ2n) is 7.33. The monoisotopic (exact) mass is 395 g/mol. The van der Waals surface area contributed by atoms with E-state index in [1.165, 1.54) is 18.2 Å². The maximum absolute atomic E-state index is 13.0. The first-order valence-corrected chi connectivity index (χ1v) is 10.5. The number of rotatable bonds is 4. The third kappa shape index (κ3) is 2.43. The molecule has 1 aliphatic heterocycles. The molecule has 0 radical (unpaired) electrons. The first-order chi connectivity index (χ1) is 13.5. The van der Waals surface area contributed by atoms with Crippen molar-refractivity contribution in [1.29, 1.82) is 0 Å². The van der Waals surface area contributed by atoms with Crippen LogP contribution in [0.25, 0.3) is 0 Å². The number of hydrogen-bond donors (Lipinski definition) is 0. The van der Waals surface area contributed by atoms with Gasteiger partial charge >= 0.3 is 10.1 Å². The number of para-hydroxylation sites is 2. The van der Waals surface area contributed by atoms with Crippen molar-refractivity contribution in [3.63, 3.8) is 0 Å². The molecule has 4 atom stereocenters. The van der Waals surface area contributed by atoms with E-state index >= 15 is 0 Å². The van der Waals surface area contributed by atoms with Gasteiger partial charge in [0.05, 0.1) is 17.5 Å². The van der Waals surface area contributed by atoms with Gasteiger partial charge in [0.15, 0.2) is 5.75 Å². The van der Waals surface area contributed by atoms with Crippen LogP contribution in [0.15, 0.2) is 71.6 Å². The molecular weight excluding hydrogens is 378 g/mol. The van der Waals surface area contributed by atoms with Gasteiger partial charge in [-0.05, 0) is 42.5 Å². The third-order valence-electron chi connectivity index (χ3n) is 5.81. The molecule has 142 valence electrons. The Morgan fingerprint density at radius 2 is 1.39 bits per heavy atom. The number of fused-ring (bicyclic) bond motifs is 5. The number of hydrogen-bond acceptors (Lipinski definition) is 5. The van der Waals surface area contributed by atoms with Crippen molar-refractivity contribution in [3.8, 4) is 5.75 Å². The first kappa shape index (κ1) is 17.2. The van der Waals surface area contributed by atoms with Gasteiger partial charge in [-0.25, -0.2) is 4.90 Å². The fraction of sp³-hybridized carbons (Fsp3) is 0.238.